The van der Waals surface area contributed by atoms with Gasteiger partial charge in [-0.3, -0.25) is 14.9 Å². The molecule has 3 rings (SSSR count). The number of nitriles is 1. The summed E-state index contributed by atoms with van der Waals surface area (Å²) in [7, 11) is 0. The van der Waals surface area contributed by atoms with Gasteiger partial charge in [-0.15, -0.1) is 0 Å². The van der Waals surface area contributed by atoms with Gasteiger partial charge in [0.25, 0.3) is 0 Å². The normalized spacial score (nSPS) is 19.5. The maximum absolute atomic E-state index is 12.0. The second kappa shape index (κ2) is 6.91. The minimum absolute atomic E-state index is 0.259. The van der Waals surface area contributed by atoms with Gasteiger partial charge in [0.1, 0.15) is 5.92 Å². The molecule has 6 nitrogen and oxygen atoms in total. The van der Waals surface area contributed by atoms with Gasteiger partial charge in [0.15, 0.2) is 0 Å². The Morgan fingerprint density at radius 1 is 1.32 bits per heavy atom. The lowest BCUT2D eigenvalue weighted by Crippen LogP contribution is -2.18. The molecule has 126 valence electrons. The van der Waals surface area contributed by atoms with Crippen molar-refractivity contribution in [2.24, 2.45) is 5.92 Å². The maximum Gasteiger partial charge on any atom is 0.234 e. The van der Waals surface area contributed by atoms with Crippen LogP contribution in [0.25, 0.3) is 0 Å². The summed E-state index contributed by atoms with van der Waals surface area (Å²) in [5, 5.41) is 23.1. The number of nitro groups is 1. The molecule has 1 saturated carbocycles. The first-order chi connectivity index (χ1) is 12.0. The summed E-state index contributed by atoms with van der Waals surface area (Å²) < 4.78 is 0. The van der Waals surface area contributed by atoms with Crippen LogP contribution in [0.4, 0.5) is 5.69 Å². The number of carbonyl (C=O) groups excluding carboxylic acids is 1. The molecule has 3 atom stereocenters. The first kappa shape index (κ1) is 16.9. The van der Waals surface area contributed by atoms with Gasteiger partial charge in [0, 0.05) is 22.1 Å². The summed E-state index contributed by atoms with van der Waals surface area (Å²) in [5.74, 6) is -1.49. The zero-order valence-electron chi connectivity index (χ0n) is 13.1. The second-order valence-electron chi connectivity index (χ2n) is 5.89. The minimum atomic E-state index is -0.796. The highest BCUT2D eigenvalue weighted by molar-refractivity contribution is 6.31. The number of hydrogen-bond acceptors (Lipinski definition) is 4. The van der Waals surface area contributed by atoms with Crippen molar-refractivity contribution in [2.75, 3.05) is 5.32 Å². The Morgan fingerprint density at radius 3 is 2.60 bits per heavy atom. The van der Waals surface area contributed by atoms with Gasteiger partial charge >= 0.3 is 0 Å². The highest BCUT2D eigenvalue weighted by Gasteiger charge is 2.53. The van der Waals surface area contributed by atoms with Crippen LogP contribution in [0.15, 0.2) is 48.5 Å². The molecule has 0 spiro atoms. The topological polar surface area (TPSA) is 96.0 Å². The standard InChI is InChI=1S/C18H14ClN3O3/c19-16-8-12(21-18(23)14-9-17(14)22(24)25)6-7-13(16)15(10-20)11-4-2-1-3-5-11/h1-8,14-15,17H,9H2,(H,21,23)/t14-,15-,17-/m1/s1. The van der Waals surface area contributed by atoms with Gasteiger partial charge in [-0.05, 0) is 23.3 Å². The average Bonchev–Trinajstić information content (AvgIpc) is 3.39. The van der Waals surface area contributed by atoms with Crippen molar-refractivity contribution in [1.82, 2.24) is 0 Å². The van der Waals surface area contributed by atoms with E-state index in [1.54, 1.807) is 18.2 Å². The number of nitrogens with zero attached hydrogens (tertiary/aromatic N) is 2. The van der Waals surface area contributed by atoms with Gasteiger partial charge in [0.2, 0.25) is 11.9 Å². The average molecular weight is 356 g/mol. The third kappa shape index (κ3) is 3.62. The van der Waals surface area contributed by atoms with E-state index < -0.39 is 22.8 Å². The van der Waals surface area contributed by atoms with Crippen molar-refractivity contribution >= 4 is 23.2 Å². The lowest BCUT2D eigenvalue weighted by molar-refractivity contribution is -0.497. The minimum Gasteiger partial charge on any atom is -0.326 e. The number of rotatable bonds is 5. The van der Waals surface area contributed by atoms with Crippen LogP contribution in [0.3, 0.4) is 0 Å². The van der Waals surface area contributed by atoms with Gasteiger partial charge in [-0.2, -0.15) is 5.26 Å². The Morgan fingerprint density at radius 2 is 2.04 bits per heavy atom. The van der Waals surface area contributed by atoms with Crippen LogP contribution < -0.4 is 5.32 Å². The summed E-state index contributed by atoms with van der Waals surface area (Å²) in [5.41, 5.74) is 1.93. The van der Waals surface area contributed by atoms with Crippen molar-refractivity contribution in [3.05, 3.63) is 74.8 Å². The van der Waals surface area contributed by atoms with Gasteiger partial charge in [-0.1, -0.05) is 48.0 Å². The molecular weight excluding hydrogens is 342 g/mol. The number of hydrogen-bond donors (Lipinski definition) is 1. The lowest BCUT2D eigenvalue weighted by atomic mass is 9.92. The van der Waals surface area contributed by atoms with E-state index in [9.17, 15) is 20.2 Å². The van der Waals surface area contributed by atoms with Crippen molar-refractivity contribution in [3.8, 4) is 6.07 Å². The van der Waals surface area contributed by atoms with Crippen LogP contribution in [-0.2, 0) is 4.79 Å². The molecule has 0 unspecified atom stereocenters. The molecular formula is C18H14ClN3O3. The van der Waals surface area contributed by atoms with Gasteiger partial charge in [0.05, 0.1) is 12.0 Å². The van der Waals surface area contributed by atoms with E-state index in [-0.39, 0.29) is 12.3 Å². The smallest absolute Gasteiger partial charge is 0.234 e. The number of benzene rings is 2. The van der Waals surface area contributed by atoms with E-state index in [0.717, 1.165) is 5.56 Å². The fourth-order valence-corrected chi connectivity index (χ4v) is 3.03. The van der Waals surface area contributed by atoms with E-state index in [1.807, 2.05) is 30.3 Å². The molecule has 0 bridgehead atoms. The first-order valence-electron chi connectivity index (χ1n) is 7.69. The third-order valence-corrected chi connectivity index (χ3v) is 4.53. The van der Waals surface area contributed by atoms with Crippen LogP contribution in [0.1, 0.15) is 23.5 Å². The molecule has 1 fully saturated rings. The molecule has 2 aromatic carbocycles. The number of nitrogens with one attached hydrogen (secondary N) is 1. The van der Waals surface area contributed by atoms with Crippen molar-refractivity contribution in [2.45, 2.75) is 18.4 Å². The highest BCUT2D eigenvalue weighted by Crippen LogP contribution is 2.35. The van der Waals surface area contributed by atoms with Gasteiger partial charge < -0.3 is 5.32 Å². The molecule has 0 radical (unpaired) electrons. The van der Waals surface area contributed by atoms with E-state index in [0.29, 0.717) is 16.3 Å². The summed E-state index contributed by atoms with van der Waals surface area (Å²) in [6.07, 6.45) is 0.259. The second-order valence-corrected chi connectivity index (χ2v) is 6.30. The molecule has 2 aromatic rings. The van der Waals surface area contributed by atoms with Crippen LogP contribution in [0.2, 0.25) is 5.02 Å². The largest absolute Gasteiger partial charge is 0.326 e. The molecule has 0 heterocycles. The zero-order valence-corrected chi connectivity index (χ0v) is 13.8. The number of anilines is 1. The summed E-state index contributed by atoms with van der Waals surface area (Å²) >= 11 is 6.30. The quantitative estimate of drug-likeness (QED) is 0.654. The van der Waals surface area contributed by atoms with E-state index in [4.69, 9.17) is 11.6 Å². The molecule has 25 heavy (non-hydrogen) atoms. The summed E-state index contributed by atoms with van der Waals surface area (Å²) in [6, 6.07) is 15.6. The SMILES string of the molecule is N#C[C@H](c1ccccc1)c1ccc(NC(=O)[C@@H]2C[C@H]2[N+](=O)[O-])cc1Cl. The van der Waals surface area contributed by atoms with Crippen molar-refractivity contribution in [1.29, 1.82) is 5.26 Å². The molecule has 0 aliphatic heterocycles. The molecule has 0 aromatic heterocycles. The highest BCUT2D eigenvalue weighted by atomic mass is 35.5. The third-order valence-electron chi connectivity index (χ3n) is 4.21. The van der Waals surface area contributed by atoms with Crippen LogP contribution >= 0.6 is 11.6 Å². The molecule has 0 saturated heterocycles. The lowest BCUT2D eigenvalue weighted by Gasteiger charge is -2.13. The van der Waals surface area contributed by atoms with Crippen molar-refractivity contribution in [3.63, 3.8) is 0 Å². The van der Waals surface area contributed by atoms with E-state index >= 15 is 0 Å². The maximum atomic E-state index is 12.0. The Bertz CT molecular complexity index is 864. The van der Waals surface area contributed by atoms with E-state index in [1.165, 1.54) is 0 Å². The predicted octanol–water partition coefficient (Wildman–Crippen LogP) is 3.60. The van der Waals surface area contributed by atoms with E-state index in [2.05, 4.69) is 11.4 Å². The van der Waals surface area contributed by atoms with Crippen molar-refractivity contribution < 1.29 is 9.72 Å². The molecule has 1 aliphatic carbocycles. The summed E-state index contributed by atoms with van der Waals surface area (Å²) in [6.45, 7) is 0. The Balaban J connectivity index is 1.76. The fraction of sp³-hybridized carbons (Fsp3) is 0.222. The predicted molar refractivity (Wildman–Crippen MR) is 92.9 cm³/mol. The Kier molecular flexibility index (Phi) is 4.68. The van der Waals surface area contributed by atoms with Crippen LogP contribution in [0.5, 0.6) is 0 Å². The van der Waals surface area contributed by atoms with Crippen LogP contribution in [0, 0.1) is 27.4 Å². The first-order valence-corrected chi connectivity index (χ1v) is 8.07. The number of carbonyl (C=O) groups is 1. The number of halogens is 1. The molecule has 1 N–H and O–H groups in total. The Hall–Kier alpha value is -2.91. The molecule has 1 amide bonds. The zero-order chi connectivity index (χ0) is 18.0. The van der Waals surface area contributed by atoms with Gasteiger partial charge in [-0.25, -0.2) is 0 Å². The number of amides is 1. The fourth-order valence-electron chi connectivity index (χ4n) is 2.74. The molecule has 1 aliphatic rings. The summed E-state index contributed by atoms with van der Waals surface area (Å²) in [4.78, 5) is 22.2. The Labute approximate surface area is 149 Å². The van der Waals surface area contributed by atoms with Crippen LogP contribution in [-0.4, -0.2) is 16.9 Å². The molecule has 7 heteroatoms. The monoisotopic (exact) mass is 355 g/mol.